The molecule has 3 aromatic rings. The molecule has 1 aromatic heterocycles. The zero-order valence-electron chi connectivity index (χ0n) is 11.3. The van der Waals surface area contributed by atoms with Crippen molar-refractivity contribution >= 4 is 34.4 Å². The lowest BCUT2D eigenvalue weighted by atomic mass is 10.0. The minimum absolute atomic E-state index is 0.487. The fourth-order valence-electron chi connectivity index (χ4n) is 2.63. The van der Waals surface area contributed by atoms with E-state index in [-0.39, 0.29) is 0 Å². The maximum atomic E-state index is 5.95. The molecular formula is C16H14ClN3O. The first-order valence-corrected chi connectivity index (χ1v) is 7.31. The van der Waals surface area contributed by atoms with Crippen molar-refractivity contribution in [3.63, 3.8) is 0 Å². The fraction of sp³-hybridized carbons (Fsp3) is 0.188. The Balaban J connectivity index is 1.64. The number of oxazole rings is 1. The molecule has 1 aliphatic heterocycles. The highest BCUT2D eigenvalue weighted by atomic mass is 35.5. The predicted molar refractivity (Wildman–Crippen MR) is 84.2 cm³/mol. The molecule has 0 radical (unpaired) electrons. The van der Waals surface area contributed by atoms with Gasteiger partial charge in [-0.15, -0.1) is 0 Å². The summed E-state index contributed by atoms with van der Waals surface area (Å²) in [6.45, 7) is 1.97. The van der Waals surface area contributed by atoms with Crippen molar-refractivity contribution in [2.75, 3.05) is 11.9 Å². The molecule has 0 saturated carbocycles. The number of rotatable bonds is 2. The molecule has 2 heterocycles. The number of fused-ring (bicyclic) bond motifs is 2. The van der Waals surface area contributed by atoms with E-state index in [0.29, 0.717) is 16.6 Å². The molecule has 106 valence electrons. The van der Waals surface area contributed by atoms with Crippen LogP contribution in [-0.2, 0) is 13.0 Å². The van der Waals surface area contributed by atoms with Crippen molar-refractivity contribution in [1.82, 2.24) is 10.3 Å². The average molecular weight is 300 g/mol. The van der Waals surface area contributed by atoms with Crippen LogP contribution in [0.2, 0.25) is 5.02 Å². The molecule has 4 rings (SSSR count). The lowest BCUT2D eigenvalue weighted by Gasteiger charge is -2.17. The summed E-state index contributed by atoms with van der Waals surface area (Å²) in [6.07, 6.45) is 1.05. The SMILES string of the molecule is Clc1ccc2nc(Nc3ccc4c(c3)CCNC4)oc2c1. The van der Waals surface area contributed by atoms with Gasteiger partial charge in [0.1, 0.15) is 5.52 Å². The number of nitrogens with zero attached hydrogens (tertiary/aromatic N) is 1. The minimum Gasteiger partial charge on any atom is -0.423 e. The van der Waals surface area contributed by atoms with E-state index < -0.39 is 0 Å². The first-order valence-electron chi connectivity index (χ1n) is 6.93. The number of hydrogen-bond acceptors (Lipinski definition) is 4. The molecule has 0 fully saturated rings. The summed E-state index contributed by atoms with van der Waals surface area (Å²) in [4.78, 5) is 4.41. The molecule has 21 heavy (non-hydrogen) atoms. The van der Waals surface area contributed by atoms with Gasteiger partial charge in [0.2, 0.25) is 0 Å². The Kier molecular flexibility index (Phi) is 3.05. The van der Waals surface area contributed by atoms with Crippen LogP contribution in [0.25, 0.3) is 11.1 Å². The predicted octanol–water partition coefficient (Wildman–Crippen LogP) is 3.87. The van der Waals surface area contributed by atoms with Crippen molar-refractivity contribution < 1.29 is 4.42 Å². The van der Waals surface area contributed by atoms with E-state index in [9.17, 15) is 0 Å². The quantitative estimate of drug-likeness (QED) is 0.754. The number of hydrogen-bond donors (Lipinski definition) is 2. The number of anilines is 2. The van der Waals surface area contributed by atoms with Crippen LogP contribution in [-0.4, -0.2) is 11.5 Å². The van der Waals surface area contributed by atoms with Crippen LogP contribution < -0.4 is 10.6 Å². The Labute approximate surface area is 127 Å². The molecule has 0 bridgehead atoms. The Morgan fingerprint density at radius 1 is 1.14 bits per heavy atom. The van der Waals surface area contributed by atoms with E-state index in [1.54, 1.807) is 6.07 Å². The van der Waals surface area contributed by atoms with E-state index in [1.807, 2.05) is 18.2 Å². The smallest absolute Gasteiger partial charge is 0.300 e. The third kappa shape index (κ3) is 2.48. The van der Waals surface area contributed by atoms with Crippen molar-refractivity contribution in [2.24, 2.45) is 0 Å². The lowest BCUT2D eigenvalue weighted by Crippen LogP contribution is -2.23. The van der Waals surface area contributed by atoms with E-state index in [2.05, 4.69) is 27.8 Å². The van der Waals surface area contributed by atoms with Crippen LogP contribution in [0.4, 0.5) is 11.7 Å². The lowest BCUT2D eigenvalue weighted by molar-refractivity contribution is 0.622. The molecule has 0 unspecified atom stereocenters. The molecule has 2 aromatic carbocycles. The third-order valence-electron chi connectivity index (χ3n) is 3.69. The molecule has 0 amide bonds. The number of nitrogens with one attached hydrogen (secondary N) is 2. The summed E-state index contributed by atoms with van der Waals surface area (Å²) in [5, 5.41) is 7.24. The van der Waals surface area contributed by atoms with Crippen LogP contribution >= 0.6 is 11.6 Å². The molecule has 2 N–H and O–H groups in total. The first-order chi connectivity index (χ1) is 10.3. The van der Waals surface area contributed by atoms with E-state index in [4.69, 9.17) is 16.0 Å². The van der Waals surface area contributed by atoms with Crippen molar-refractivity contribution in [1.29, 1.82) is 0 Å². The van der Waals surface area contributed by atoms with Crippen molar-refractivity contribution in [2.45, 2.75) is 13.0 Å². The van der Waals surface area contributed by atoms with Gasteiger partial charge < -0.3 is 15.1 Å². The van der Waals surface area contributed by atoms with Gasteiger partial charge in [-0.05, 0) is 48.4 Å². The van der Waals surface area contributed by atoms with Gasteiger partial charge in [0.25, 0.3) is 6.01 Å². The van der Waals surface area contributed by atoms with Gasteiger partial charge in [-0.25, -0.2) is 0 Å². The summed E-state index contributed by atoms with van der Waals surface area (Å²) < 4.78 is 5.68. The second-order valence-corrected chi connectivity index (χ2v) is 5.60. The minimum atomic E-state index is 0.487. The largest absolute Gasteiger partial charge is 0.423 e. The van der Waals surface area contributed by atoms with Crippen molar-refractivity contribution in [3.8, 4) is 0 Å². The van der Waals surface area contributed by atoms with Crippen LogP contribution in [0.5, 0.6) is 0 Å². The summed E-state index contributed by atoms with van der Waals surface area (Å²) >= 11 is 5.95. The maximum absolute atomic E-state index is 5.95. The Hall–Kier alpha value is -2.04. The maximum Gasteiger partial charge on any atom is 0.300 e. The fourth-order valence-corrected chi connectivity index (χ4v) is 2.79. The van der Waals surface area contributed by atoms with E-state index in [1.165, 1.54) is 11.1 Å². The second-order valence-electron chi connectivity index (χ2n) is 5.17. The van der Waals surface area contributed by atoms with Gasteiger partial charge >= 0.3 is 0 Å². The zero-order valence-corrected chi connectivity index (χ0v) is 12.1. The van der Waals surface area contributed by atoms with Gasteiger partial charge in [0.15, 0.2) is 5.58 Å². The molecule has 0 aliphatic carbocycles. The molecular weight excluding hydrogens is 286 g/mol. The third-order valence-corrected chi connectivity index (χ3v) is 3.93. The topological polar surface area (TPSA) is 50.1 Å². The zero-order chi connectivity index (χ0) is 14.2. The highest BCUT2D eigenvalue weighted by molar-refractivity contribution is 6.31. The highest BCUT2D eigenvalue weighted by Gasteiger charge is 2.11. The molecule has 1 aliphatic rings. The van der Waals surface area contributed by atoms with Crippen molar-refractivity contribution in [3.05, 3.63) is 52.5 Å². The monoisotopic (exact) mass is 299 g/mol. The number of benzene rings is 2. The average Bonchev–Trinajstić information content (AvgIpc) is 2.88. The summed E-state index contributed by atoms with van der Waals surface area (Å²) in [6, 6.07) is 12.3. The van der Waals surface area contributed by atoms with Gasteiger partial charge in [0.05, 0.1) is 0 Å². The van der Waals surface area contributed by atoms with E-state index in [0.717, 1.165) is 30.7 Å². The Morgan fingerprint density at radius 2 is 2.10 bits per heavy atom. The summed E-state index contributed by atoms with van der Waals surface area (Å²) in [5.41, 5.74) is 5.21. The van der Waals surface area contributed by atoms with Gasteiger partial charge in [-0.2, -0.15) is 4.98 Å². The molecule has 4 nitrogen and oxygen atoms in total. The second kappa shape index (κ2) is 5.06. The summed E-state index contributed by atoms with van der Waals surface area (Å²) in [7, 11) is 0. The van der Waals surface area contributed by atoms with Crippen LogP contribution in [0.3, 0.4) is 0 Å². The summed E-state index contributed by atoms with van der Waals surface area (Å²) in [5.74, 6) is 0. The Morgan fingerprint density at radius 3 is 3.05 bits per heavy atom. The molecule has 0 spiro atoms. The Bertz CT molecular complexity index is 812. The normalized spacial score (nSPS) is 14.1. The van der Waals surface area contributed by atoms with Crippen LogP contribution in [0.1, 0.15) is 11.1 Å². The molecule has 0 atom stereocenters. The van der Waals surface area contributed by atoms with Crippen LogP contribution in [0, 0.1) is 0 Å². The van der Waals surface area contributed by atoms with Gasteiger partial charge in [0, 0.05) is 23.3 Å². The number of aromatic nitrogens is 1. The molecule has 0 saturated heterocycles. The van der Waals surface area contributed by atoms with Crippen LogP contribution in [0.15, 0.2) is 40.8 Å². The molecule has 5 heteroatoms. The number of halogens is 1. The van der Waals surface area contributed by atoms with Gasteiger partial charge in [-0.1, -0.05) is 17.7 Å². The highest BCUT2D eigenvalue weighted by Crippen LogP contribution is 2.26. The van der Waals surface area contributed by atoms with E-state index >= 15 is 0 Å². The standard InChI is InChI=1S/C16H14ClN3O/c17-12-2-4-14-15(8-12)21-16(20-14)19-13-3-1-11-9-18-6-5-10(11)7-13/h1-4,7-8,18H,5-6,9H2,(H,19,20). The first kappa shape index (κ1) is 12.7. The van der Waals surface area contributed by atoms with Gasteiger partial charge in [-0.3, -0.25) is 0 Å².